The van der Waals surface area contributed by atoms with Crippen molar-refractivity contribution in [3.05, 3.63) is 0 Å². The van der Waals surface area contributed by atoms with Crippen LogP contribution in [-0.2, 0) is 4.79 Å². The molecular weight excluding hydrogens is 208 g/mol. The molecule has 1 fully saturated rings. The maximum absolute atomic E-state index is 11.6. The third kappa shape index (κ3) is 3.72. The largest absolute Gasteiger partial charge is 0.480 e. The van der Waals surface area contributed by atoms with Crippen LogP contribution in [-0.4, -0.2) is 41.6 Å². The zero-order valence-electron chi connectivity index (χ0n) is 9.90. The minimum Gasteiger partial charge on any atom is -0.480 e. The van der Waals surface area contributed by atoms with Crippen LogP contribution in [0.15, 0.2) is 0 Å². The van der Waals surface area contributed by atoms with Crippen molar-refractivity contribution < 1.29 is 14.7 Å². The van der Waals surface area contributed by atoms with Gasteiger partial charge in [-0.2, -0.15) is 0 Å². The maximum atomic E-state index is 11.6. The summed E-state index contributed by atoms with van der Waals surface area (Å²) in [6.07, 6.45) is 4.78. The Bertz CT molecular complexity index is 262. The number of carboxylic acid groups (broad SMARTS) is 1. The highest BCUT2D eigenvalue weighted by atomic mass is 16.4. The first-order chi connectivity index (χ1) is 7.50. The number of hydrogen-bond donors (Lipinski definition) is 2. The lowest BCUT2D eigenvalue weighted by atomic mass is 10.0. The number of carbonyl (C=O) groups excluding carboxylic acids is 1. The molecule has 0 aromatic carbocycles. The second-order valence-corrected chi connectivity index (χ2v) is 4.53. The molecule has 1 aliphatic carbocycles. The number of nitrogens with one attached hydrogen (secondary N) is 1. The quantitative estimate of drug-likeness (QED) is 0.761. The standard InChI is InChI=1S/C11H20N2O3/c1-8(9-5-3-4-6-9)12-11(16)13(2)7-10(14)15/h8-9H,3-7H2,1-2H3,(H,12,16)(H,14,15). The van der Waals surface area contributed by atoms with Crippen molar-refractivity contribution in [3.63, 3.8) is 0 Å². The van der Waals surface area contributed by atoms with E-state index in [4.69, 9.17) is 5.11 Å². The minimum absolute atomic E-state index is 0.131. The van der Waals surface area contributed by atoms with Gasteiger partial charge in [-0.15, -0.1) is 0 Å². The van der Waals surface area contributed by atoms with E-state index in [9.17, 15) is 9.59 Å². The lowest BCUT2D eigenvalue weighted by molar-refractivity contribution is -0.137. The highest BCUT2D eigenvalue weighted by Gasteiger charge is 2.24. The van der Waals surface area contributed by atoms with Crippen molar-refractivity contribution in [2.45, 2.75) is 38.6 Å². The molecule has 0 saturated heterocycles. The number of amides is 2. The maximum Gasteiger partial charge on any atom is 0.323 e. The van der Waals surface area contributed by atoms with Crippen molar-refractivity contribution in [2.24, 2.45) is 5.92 Å². The van der Waals surface area contributed by atoms with Crippen LogP contribution in [0, 0.1) is 5.92 Å². The molecule has 5 heteroatoms. The molecule has 0 spiro atoms. The Balaban J connectivity index is 2.34. The Morgan fingerprint density at radius 1 is 1.44 bits per heavy atom. The van der Waals surface area contributed by atoms with Gasteiger partial charge >= 0.3 is 12.0 Å². The van der Waals surface area contributed by atoms with Crippen LogP contribution in [0.5, 0.6) is 0 Å². The third-order valence-electron chi connectivity index (χ3n) is 3.18. The lowest BCUT2D eigenvalue weighted by Gasteiger charge is -2.23. The van der Waals surface area contributed by atoms with E-state index in [2.05, 4.69) is 5.32 Å². The van der Waals surface area contributed by atoms with Crippen molar-refractivity contribution in [1.29, 1.82) is 0 Å². The predicted molar refractivity (Wildman–Crippen MR) is 60.2 cm³/mol. The average molecular weight is 228 g/mol. The third-order valence-corrected chi connectivity index (χ3v) is 3.18. The van der Waals surface area contributed by atoms with E-state index in [0.717, 1.165) is 12.8 Å². The normalized spacial score (nSPS) is 18.1. The number of likely N-dealkylation sites (N-methyl/N-ethyl adjacent to an activating group) is 1. The fraction of sp³-hybridized carbons (Fsp3) is 0.818. The topological polar surface area (TPSA) is 69.6 Å². The van der Waals surface area contributed by atoms with Crippen molar-refractivity contribution in [3.8, 4) is 0 Å². The van der Waals surface area contributed by atoms with E-state index in [1.165, 1.54) is 24.8 Å². The Hall–Kier alpha value is -1.26. The number of carboxylic acids is 1. The highest BCUT2D eigenvalue weighted by Crippen LogP contribution is 2.27. The second kappa shape index (κ2) is 5.72. The van der Waals surface area contributed by atoms with Gasteiger partial charge in [-0.25, -0.2) is 4.79 Å². The van der Waals surface area contributed by atoms with Crippen LogP contribution >= 0.6 is 0 Å². The molecule has 0 aromatic heterocycles. The second-order valence-electron chi connectivity index (χ2n) is 4.53. The van der Waals surface area contributed by atoms with Gasteiger partial charge in [0.05, 0.1) is 0 Å². The Kier molecular flexibility index (Phi) is 4.58. The molecule has 1 unspecified atom stereocenters. The first-order valence-corrected chi connectivity index (χ1v) is 5.74. The van der Waals surface area contributed by atoms with Gasteiger partial charge in [0.2, 0.25) is 0 Å². The van der Waals surface area contributed by atoms with Crippen LogP contribution in [0.2, 0.25) is 0 Å². The summed E-state index contributed by atoms with van der Waals surface area (Å²) in [6, 6.07) is -0.173. The first-order valence-electron chi connectivity index (χ1n) is 5.74. The van der Waals surface area contributed by atoms with Gasteiger partial charge in [-0.1, -0.05) is 12.8 Å². The summed E-state index contributed by atoms with van der Waals surface area (Å²) in [5.74, 6) is -0.451. The van der Waals surface area contributed by atoms with E-state index in [1.54, 1.807) is 0 Å². The number of nitrogens with zero attached hydrogens (tertiary/aromatic N) is 1. The molecule has 5 nitrogen and oxygen atoms in total. The Labute approximate surface area is 95.8 Å². The van der Waals surface area contributed by atoms with Crippen LogP contribution in [0.1, 0.15) is 32.6 Å². The summed E-state index contributed by atoms with van der Waals surface area (Å²) in [5.41, 5.74) is 0. The summed E-state index contributed by atoms with van der Waals surface area (Å²) in [5, 5.41) is 11.4. The van der Waals surface area contributed by atoms with Crippen LogP contribution in [0.25, 0.3) is 0 Å². The first kappa shape index (κ1) is 12.8. The Morgan fingerprint density at radius 3 is 2.50 bits per heavy atom. The average Bonchev–Trinajstić information content (AvgIpc) is 2.68. The van der Waals surface area contributed by atoms with E-state index < -0.39 is 5.97 Å². The zero-order valence-corrected chi connectivity index (χ0v) is 9.90. The number of carbonyl (C=O) groups is 2. The summed E-state index contributed by atoms with van der Waals surface area (Å²) >= 11 is 0. The predicted octanol–water partition coefficient (Wildman–Crippen LogP) is 1.29. The summed E-state index contributed by atoms with van der Waals surface area (Å²) in [7, 11) is 1.49. The van der Waals surface area contributed by atoms with Crippen molar-refractivity contribution >= 4 is 12.0 Å². The summed E-state index contributed by atoms with van der Waals surface area (Å²) < 4.78 is 0. The van der Waals surface area contributed by atoms with Gasteiger partial charge < -0.3 is 15.3 Å². The van der Waals surface area contributed by atoms with E-state index in [1.807, 2.05) is 6.92 Å². The van der Waals surface area contributed by atoms with Gasteiger partial charge in [0.15, 0.2) is 0 Å². The molecule has 0 aromatic rings. The monoisotopic (exact) mass is 228 g/mol. The van der Waals surface area contributed by atoms with Gasteiger partial charge in [0, 0.05) is 13.1 Å². The molecule has 0 radical (unpaired) electrons. The summed E-state index contributed by atoms with van der Waals surface area (Å²) in [6.45, 7) is 1.73. The summed E-state index contributed by atoms with van der Waals surface area (Å²) in [4.78, 5) is 23.2. The molecule has 92 valence electrons. The zero-order chi connectivity index (χ0) is 12.1. The van der Waals surface area contributed by atoms with Gasteiger partial charge in [0.1, 0.15) is 6.54 Å². The van der Waals surface area contributed by atoms with Crippen LogP contribution in [0.4, 0.5) is 4.79 Å². The Morgan fingerprint density at radius 2 is 2.00 bits per heavy atom. The van der Waals surface area contributed by atoms with E-state index >= 15 is 0 Å². The smallest absolute Gasteiger partial charge is 0.323 e. The van der Waals surface area contributed by atoms with Gasteiger partial charge in [-0.05, 0) is 25.7 Å². The molecule has 1 aliphatic rings. The molecule has 2 N–H and O–H groups in total. The van der Waals surface area contributed by atoms with E-state index in [0.29, 0.717) is 5.92 Å². The number of urea groups is 1. The van der Waals surface area contributed by atoms with Crippen molar-refractivity contribution in [1.82, 2.24) is 10.2 Å². The molecule has 1 rings (SSSR count). The van der Waals surface area contributed by atoms with Crippen LogP contribution in [0.3, 0.4) is 0 Å². The molecule has 16 heavy (non-hydrogen) atoms. The van der Waals surface area contributed by atoms with E-state index in [-0.39, 0.29) is 18.6 Å². The number of rotatable bonds is 4. The SMILES string of the molecule is CC(NC(=O)N(C)CC(=O)O)C1CCCC1. The molecule has 0 bridgehead atoms. The molecular formula is C11H20N2O3. The van der Waals surface area contributed by atoms with Gasteiger partial charge in [-0.3, -0.25) is 4.79 Å². The molecule has 1 atom stereocenters. The molecule has 2 amide bonds. The fourth-order valence-corrected chi connectivity index (χ4v) is 2.15. The highest BCUT2D eigenvalue weighted by molar-refractivity contribution is 5.79. The number of hydrogen-bond acceptors (Lipinski definition) is 2. The van der Waals surface area contributed by atoms with Crippen molar-refractivity contribution in [2.75, 3.05) is 13.6 Å². The molecule has 0 aliphatic heterocycles. The fourth-order valence-electron chi connectivity index (χ4n) is 2.15. The lowest BCUT2D eigenvalue weighted by Crippen LogP contribution is -2.45. The van der Waals surface area contributed by atoms with Crippen LogP contribution < -0.4 is 5.32 Å². The van der Waals surface area contributed by atoms with Gasteiger partial charge in [0.25, 0.3) is 0 Å². The molecule has 0 heterocycles. The minimum atomic E-state index is -0.994. The molecule has 1 saturated carbocycles. The number of aliphatic carboxylic acids is 1.